The first-order valence-electron chi connectivity index (χ1n) is 7.31. The van der Waals surface area contributed by atoms with Crippen LogP contribution in [0.1, 0.15) is 5.69 Å². The lowest BCUT2D eigenvalue weighted by Crippen LogP contribution is -2.03. The van der Waals surface area contributed by atoms with Gasteiger partial charge < -0.3 is 5.32 Å². The predicted molar refractivity (Wildman–Crippen MR) is 90.5 cm³/mol. The number of nitrogens with zero attached hydrogens (tertiary/aromatic N) is 1. The van der Waals surface area contributed by atoms with Gasteiger partial charge in [-0.15, -0.1) is 6.58 Å². The number of hydrogen-bond acceptors (Lipinski definition) is 2. The van der Waals surface area contributed by atoms with E-state index in [2.05, 4.69) is 16.9 Å². The van der Waals surface area contributed by atoms with Crippen LogP contribution in [0.3, 0.4) is 0 Å². The van der Waals surface area contributed by atoms with Gasteiger partial charge in [-0.25, -0.2) is 13.8 Å². The molecule has 0 radical (unpaired) electrons. The van der Waals surface area contributed by atoms with Crippen molar-refractivity contribution in [2.75, 3.05) is 11.9 Å². The minimum Gasteiger partial charge on any atom is -0.366 e. The summed E-state index contributed by atoms with van der Waals surface area (Å²) in [5, 5.41) is 5.09. The Morgan fingerprint density at radius 3 is 2.52 bits per heavy atom. The molecular weight excluding hydrogens is 294 g/mol. The average Bonchev–Trinajstić information content (AvgIpc) is 2.55. The lowest BCUT2D eigenvalue weighted by atomic mass is 9.97. The number of halogens is 2. The van der Waals surface area contributed by atoms with Gasteiger partial charge >= 0.3 is 0 Å². The Bertz CT molecular complexity index is 888. The van der Waals surface area contributed by atoms with Crippen LogP contribution in [0.2, 0.25) is 0 Å². The summed E-state index contributed by atoms with van der Waals surface area (Å²) in [6.07, 6.45) is 1.76. The van der Waals surface area contributed by atoms with E-state index >= 15 is 0 Å². The molecule has 0 aliphatic heterocycles. The average molecular weight is 310 g/mol. The second-order valence-electron chi connectivity index (χ2n) is 5.26. The number of anilines is 1. The Kier molecular flexibility index (Phi) is 4.06. The molecule has 0 saturated carbocycles. The number of hydrogen-bond donors (Lipinski definition) is 1. The van der Waals surface area contributed by atoms with Crippen molar-refractivity contribution in [3.05, 3.63) is 72.4 Å². The molecular formula is C19H16F2N2. The Labute approximate surface area is 133 Å². The maximum Gasteiger partial charge on any atom is 0.159 e. The molecule has 0 saturated heterocycles. The van der Waals surface area contributed by atoms with Crippen LogP contribution in [0.5, 0.6) is 0 Å². The number of benzene rings is 2. The van der Waals surface area contributed by atoms with E-state index in [9.17, 15) is 8.78 Å². The summed E-state index contributed by atoms with van der Waals surface area (Å²) in [7, 11) is 0. The van der Waals surface area contributed by atoms with Crippen LogP contribution in [0.25, 0.3) is 21.9 Å². The molecule has 0 atom stereocenters. The normalized spacial score (nSPS) is 10.7. The van der Waals surface area contributed by atoms with Crippen molar-refractivity contribution in [1.82, 2.24) is 4.98 Å². The van der Waals surface area contributed by atoms with Crippen molar-refractivity contribution in [3.63, 3.8) is 0 Å². The van der Waals surface area contributed by atoms with Gasteiger partial charge in [0.05, 0.1) is 0 Å². The summed E-state index contributed by atoms with van der Waals surface area (Å²) >= 11 is 0. The third-order valence-electron chi connectivity index (χ3n) is 3.71. The molecule has 116 valence electrons. The number of fused-ring (bicyclic) bond motifs is 1. The SMILES string of the molecule is C=CCNc1nc(C)c(-c2ccc(F)c(F)c2)c2ccccc12. The van der Waals surface area contributed by atoms with Crippen molar-refractivity contribution in [3.8, 4) is 11.1 Å². The predicted octanol–water partition coefficient (Wildman–Crippen LogP) is 5.09. The van der Waals surface area contributed by atoms with E-state index in [4.69, 9.17) is 0 Å². The van der Waals surface area contributed by atoms with Gasteiger partial charge in [0.25, 0.3) is 0 Å². The topological polar surface area (TPSA) is 24.9 Å². The standard InChI is InChI=1S/C19H16F2N2/c1-3-10-22-19-15-7-5-4-6-14(15)18(12(2)23-19)13-8-9-16(20)17(21)11-13/h3-9,11H,1,10H2,2H3,(H,22,23). The Morgan fingerprint density at radius 1 is 1.09 bits per heavy atom. The molecule has 1 N–H and O–H groups in total. The van der Waals surface area contributed by atoms with Crippen LogP contribution < -0.4 is 5.32 Å². The number of pyridine rings is 1. The Hall–Kier alpha value is -2.75. The zero-order chi connectivity index (χ0) is 16.4. The van der Waals surface area contributed by atoms with Crippen LogP contribution in [0.15, 0.2) is 55.1 Å². The molecule has 4 heteroatoms. The van der Waals surface area contributed by atoms with E-state index in [1.54, 1.807) is 12.1 Å². The Morgan fingerprint density at radius 2 is 1.83 bits per heavy atom. The monoisotopic (exact) mass is 310 g/mol. The zero-order valence-electron chi connectivity index (χ0n) is 12.7. The molecule has 2 aromatic carbocycles. The maximum atomic E-state index is 13.6. The number of aromatic nitrogens is 1. The second-order valence-corrected chi connectivity index (χ2v) is 5.26. The summed E-state index contributed by atoms with van der Waals surface area (Å²) in [6, 6.07) is 11.7. The van der Waals surface area contributed by atoms with E-state index in [1.165, 1.54) is 6.07 Å². The van der Waals surface area contributed by atoms with Gasteiger partial charge in [-0.05, 0) is 30.0 Å². The molecule has 0 amide bonds. The van der Waals surface area contributed by atoms with Crippen molar-refractivity contribution in [2.45, 2.75) is 6.92 Å². The van der Waals surface area contributed by atoms with Gasteiger partial charge in [0.2, 0.25) is 0 Å². The van der Waals surface area contributed by atoms with Gasteiger partial charge in [0.15, 0.2) is 11.6 Å². The summed E-state index contributed by atoms with van der Waals surface area (Å²) in [4.78, 5) is 4.59. The third-order valence-corrected chi connectivity index (χ3v) is 3.71. The highest BCUT2D eigenvalue weighted by Crippen LogP contribution is 2.34. The summed E-state index contributed by atoms with van der Waals surface area (Å²) in [5.41, 5.74) is 2.17. The highest BCUT2D eigenvalue weighted by Gasteiger charge is 2.14. The van der Waals surface area contributed by atoms with Crippen molar-refractivity contribution < 1.29 is 8.78 Å². The third kappa shape index (κ3) is 2.80. The molecule has 0 aliphatic rings. The molecule has 0 fully saturated rings. The van der Waals surface area contributed by atoms with Gasteiger partial charge in [0.1, 0.15) is 5.82 Å². The van der Waals surface area contributed by atoms with E-state index in [1.807, 2.05) is 31.2 Å². The summed E-state index contributed by atoms with van der Waals surface area (Å²) in [6.45, 7) is 6.16. The van der Waals surface area contributed by atoms with Crippen LogP contribution in [-0.4, -0.2) is 11.5 Å². The summed E-state index contributed by atoms with van der Waals surface area (Å²) < 4.78 is 26.8. The first-order valence-corrected chi connectivity index (χ1v) is 7.31. The van der Waals surface area contributed by atoms with Gasteiger partial charge in [0, 0.05) is 23.2 Å². The highest BCUT2D eigenvalue weighted by atomic mass is 19.2. The zero-order valence-corrected chi connectivity index (χ0v) is 12.7. The smallest absolute Gasteiger partial charge is 0.159 e. The molecule has 23 heavy (non-hydrogen) atoms. The van der Waals surface area contributed by atoms with E-state index in [0.717, 1.165) is 33.9 Å². The van der Waals surface area contributed by atoms with Gasteiger partial charge in [-0.2, -0.15) is 0 Å². The number of rotatable bonds is 4. The minimum atomic E-state index is -0.861. The molecule has 0 spiro atoms. The van der Waals surface area contributed by atoms with Gasteiger partial charge in [-0.1, -0.05) is 36.4 Å². The first kappa shape index (κ1) is 15.2. The molecule has 0 unspecified atom stereocenters. The molecule has 1 heterocycles. The van der Waals surface area contributed by atoms with Crippen LogP contribution in [0.4, 0.5) is 14.6 Å². The van der Waals surface area contributed by atoms with Gasteiger partial charge in [-0.3, -0.25) is 0 Å². The lowest BCUT2D eigenvalue weighted by molar-refractivity contribution is 0.509. The Balaban J connectivity index is 2.27. The summed E-state index contributed by atoms with van der Waals surface area (Å²) in [5.74, 6) is -0.961. The highest BCUT2D eigenvalue weighted by molar-refractivity contribution is 6.02. The fourth-order valence-corrected chi connectivity index (χ4v) is 2.71. The number of nitrogens with one attached hydrogen (secondary N) is 1. The number of aryl methyl sites for hydroxylation is 1. The quantitative estimate of drug-likeness (QED) is 0.679. The van der Waals surface area contributed by atoms with Crippen LogP contribution in [-0.2, 0) is 0 Å². The van der Waals surface area contributed by atoms with Crippen molar-refractivity contribution in [1.29, 1.82) is 0 Å². The van der Waals surface area contributed by atoms with E-state index in [0.29, 0.717) is 12.1 Å². The lowest BCUT2D eigenvalue weighted by Gasteiger charge is -2.15. The molecule has 0 bridgehead atoms. The fourth-order valence-electron chi connectivity index (χ4n) is 2.71. The van der Waals surface area contributed by atoms with Crippen molar-refractivity contribution in [2.24, 2.45) is 0 Å². The largest absolute Gasteiger partial charge is 0.366 e. The fraction of sp³-hybridized carbons (Fsp3) is 0.105. The molecule has 3 aromatic rings. The van der Waals surface area contributed by atoms with Crippen molar-refractivity contribution >= 4 is 16.6 Å². The second kappa shape index (κ2) is 6.16. The van der Waals surface area contributed by atoms with E-state index in [-0.39, 0.29) is 0 Å². The van der Waals surface area contributed by atoms with Crippen LogP contribution in [0, 0.1) is 18.6 Å². The molecule has 3 rings (SSSR count). The van der Waals surface area contributed by atoms with E-state index < -0.39 is 11.6 Å². The molecule has 1 aromatic heterocycles. The molecule has 0 aliphatic carbocycles. The molecule has 2 nitrogen and oxygen atoms in total. The minimum absolute atomic E-state index is 0.598. The maximum absolute atomic E-state index is 13.6. The van der Waals surface area contributed by atoms with Crippen LogP contribution >= 0.6 is 0 Å². The first-order chi connectivity index (χ1) is 11.1.